The van der Waals surface area contributed by atoms with Crippen LogP contribution in [0.15, 0.2) is 42.7 Å². The highest BCUT2D eigenvalue weighted by Crippen LogP contribution is 2.33. The van der Waals surface area contributed by atoms with Gasteiger partial charge in [-0.2, -0.15) is 18.3 Å². The number of pyridine rings is 1. The van der Waals surface area contributed by atoms with Crippen LogP contribution in [0, 0.1) is 5.92 Å². The molecule has 0 spiro atoms. The molecule has 0 bridgehead atoms. The zero-order valence-corrected chi connectivity index (χ0v) is 15.9. The number of nitrogens with one attached hydrogen (secondary N) is 1. The molecule has 1 fully saturated rings. The molecule has 0 unspecified atom stereocenters. The van der Waals surface area contributed by atoms with Crippen LogP contribution in [0.1, 0.15) is 37.8 Å². The summed E-state index contributed by atoms with van der Waals surface area (Å²) >= 11 is 0. The number of aromatic nitrogens is 5. The molecule has 1 saturated carbocycles. The van der Waals surface area contributed by atoms with Crippen molar-refractivity contribution in [3.63, 3.8) is 0 Å². The molecule has 0 radical (unpaired) electrons. The third-order valence-electron chi connectivity index (χ3n) is 5.05. The van der Waals surface area contributed by atoms with Gasteiger partial charge in [-0.05, 0) is 43.2 Å². The molecule has 156 valence electrons. The SMILES string of the molecule is O=C(Nc1ccc(-n2nc(-c3cccnc3)cc2C(F)(F)F)nn1)C1CCCCC1. The minimum absolute atomic E-state index is 0.0646. The van der Waals surface area contributed by atoms with E-state index in [9.17, 15) is 18.0 Å². The Kier molecular flexibility index (Phi) is 5.47. The van der Waals surface area contributed by atoms with E-state index >= 15 is 0 Å². The van der Waals surface area contributed by atoms with E-state index in [2.05, 4.69) is 25.6 Å². The minimum atomic E-state index is -4.64. The maximum absolute atomic E-state index is 13.5. The molecule has 4 rings (SSSR count). The van der Waals surface area contributed by atoms with E-state index in [4.69, 9.17) is 0 Å². The summed E-state index contributed by atoms with van der Waals surface area (Å²) in [6.45, 7) is 0. The van der Waals surface area contributed by atoms with Crippen LogP contribution in [-0.4, -0.2) is 30.9 Å². The van der Waals surface area contributed by atoms with Crippen molar-refractivity contribution in [2.75, 3.05) is 5.32 Å². The average Bonchev–Trinajstić information content (AvgIpc) is 3.22. The molecule has 3 heterocycles. The molecule has 0 aliphatic heterocycles. The highest BCUT2D eigenvalue weighted by atomic mass is 19.4. The lowest BCUT2D eigenvalue weighted by molar-refractivity contribution is -0.142. The molecule has 7 nitrogen and oxygen atoms in total. The molecule has 3 aromatic heterocycles. The number of hydrogen-bond acceptors (Lipinski definition) is 5. The molecule has 30 heavy (non-hydrogen) atoms. The first-order valence-corrected chi connectivity index (χ1v) is 9.64. The molecule has 1 aliphatic carbocycles. The largest absolute Gasteiger partial charge is 0.433 e. The summed E-state index contributed by atoms with van der Waals surface area (Å²) < 4.78 is 41.3. The number of carbonyl (C=O) groups excluding carboxylic acids is 1. The maximum atomic E-state index is 13.5. The molecule has 0 atom stereocenters. The van der Waals surface area contributed by atoms with Gasteiger partial charge in [0.1, 0.15) is 0 Å². The van der Waals surface area contributed by atoms with Gasteiger partial charge in [0, 0.05) is 23.9 Å². The lowest BCUT2D eigenvalue weighted by Crippen LogP contribution is -2.25. The van der Waals surface area contributed by atoms with Gasteiger partial charge in [0.25, 0.3) is 0 Å². The second-order valence-corrected chi connectivity index (χ2v) is 7.17. The number of halogens is 3. The number of anilines is 1. The summed E-state index contributed by atoms with van der Waals surface area (Å²) in [7, 11) is 0. The number of amides is 1. The Morgan fingerprint density at radius 3 is 2.53 bits per heavy atom. The number of carbonyl (C=O) groups is 1. The Morgan fingerprint density at radius 1 is 1.10 bits per heavy atom. The van der Waals surface area contributed by atoms with Crippen LogP contribution in [-0.2, 0) is 11.0 Å². The third kappa shape index (κ3) is 4.32. The number of rotatable bonds is 4. The maximum Gasteiger partial charge on any atom is 0.433 e. The predicted molar refractivity (Wildman–Crippen MR) is 103 cm³/mol. The fourth-order valence-electron chi connectivity index (χ4n) is 3.51. The first-order chi connectivity index (χ1) is 14.4. The average molecular weight is 416 g/mol. The fourth-order valence-corrected chi connectivity index (χ4v) is 3.51. The molecule has 1 amide bonds. The van der Waals surface area contributed by atoms with Crippen LogP contribution < -0.4 is 5.32 Å². The summed E-state index contributed by atoms with van der Waals surface area (Å²) in [4.78, 5) is 16.2. The molecule has 0 saturated heterocycles. The van der Waals surface area contributed by atoms with E-state index in [1.165, 1.54) is 24.5 Å². The van der Waals surface area contributed by atoms with Gasteiger partial charge in [-0.3, -0.25) is 9.78 Å². The molecule has 3 aromatic rings. The zero-order chi connectivity index (χ0) is 21.1. The van der Waals surface area contributed by atoms with Gasteiger partial charge in [0.05, 0.1) is 5.69 Å². The van der Waals surface area contributed by atoms with E-state index in [1.807, 2.05) is 0 Å². The van der Waals surface area contributed by atoms with Gasteiger partial charge >= 0.3 is 6.18 Å². The summed E-state index contributed by atoms with van der Waals surface area (Å²) in [5.74, 6) is -0.105. The van der Waals surface area contributed by atoms with Crippen molar-refractivity contribution in [1.82, 2.24) is 25.0 Å². The van der Waals surface area contributed by atoms with E-state index in [0.717, 1.165) is 38.2 Å². The summed E-state index contributed by atoms with van der Waals surface area (Å²) in [6.07, 6.45) is 3.14. The lowest BCUT2D eigenvalue weighted by Gasteiger charge is -2.20. The first-order valence-electron chi connectivity index (χ1n) is 9.64. The monoisotopic (exact) mass is 416 g/mol. The van der Waals surface area contributed by atoms with Gasteiger partial charge < -0.3 is 5.32 Å². The Labute approximate surface area is 170 Å². The smallest absolute Gasteiger partial charge is 0.309 e. The Balaban J connectivity index is 1.59. The van der Waals surface area contributed by atoms with Crippen molar-refractivity contribution in [2.24, 2.45) is 5.92 Å². The molecule has 0 aromatic carbocycles. The van der Waals surface area contributed by atoms with Gasteiger partial charge in [-0.25, -0.2) is 4.68 Å². The standard InChI is InChI=1S/C20H19F3N6O/c21-20(22,23)16-11-15(14-7-4-10-24-12-14)28-29(16)18-9-8-17(26-27-18)25-19(30)13-5-2-1-3-6-13/h4,7-13H,1-3,5-6H2,(H,25,26,30). The van der Waals surface area contributed by atoms with Crippen molar-refractivity contribution in [2.45, 2.75) is 38.3 Å². The third-order valence-corrected chi connectivity index (χ3v) is 5.05. The van der Waals surface area contributed by atoms with Crippen molar-refractivity contribution in [1.29, 1.82) is 0 Å². The second-order valence-electron chi connectivity index (χ2n) is 7.17. The van der Waals surface area contributed by atoms with Gasteiger partial charge in [-0.15, -0.1) is 10.2 Å². The molecular weight excluding hydrogens is 397 g/mol. The lowest BCUT2D eigenvalue weighted by atomic mass is 9.89. The van der Waals surface area contributed by atoms with Gasteiger partial charge in [0.2, 0.25) is 5.91 Å². The van der Waals surface area contributed by atoms with Crippen molar-refractivity contribution >= 4 is 11.7 Å². The van der Waals surface area contributed by atoms with E-state index in [-0.39, 0.29) is 29.2 Å². The van der Waals surface area contributed by atoms with Crippen LogP contribution in [0.5, 0.6) is 0 Å². The molecular formula is C20H19F3N6O. The molecule has 1 N–H and O–H groups in total. The highest BCUT2D eigenvalue weighted by Gasteiger charge is 2.37. The Morgan fingerprint density at radius 2 is 1.90 bits per heavy atom. The topological polar surface area (TPSA) is 85.6 Å². The van der Waals surface area contributed by atoms with Crippen molar-refractivity contribution in [3.05, 3.63) is 48.4 Å². The molecule has 1 aliphatic rings. The van der Waals surface area contributed by atoms with E-state index in [1.54, 1.807) is 12.1 Å². The fraction of sp³-hybridized carbons (Fsp3) is 0.350. The number of nitrogens with zero attached hydrogens (tertiary/aromatic N) is 5. The van der Waals surface area contributed by atoms with Crippen LogP contribution in [0.25, 0.3) is 17.1 Å². The van der Waals surface area contributed by atoms with Crippen LogP contribution >= 0.6 is 0 Å². The predicted octanol–water partition coefficient (Wildman–Crippen LogP) is 4.26. The summed E-state index contributed by atoms with van der Waals surface area (Å²) in [5, 5.41) is 14.5. The first kappa shape index (κ1) is 20.0. The van der Waals surface area contributed by atoms with Crippen molar-refractivity contribution < 1.29 is 18.0 Å². The Bertz CT molecular complexity index is 1010. The summed E-state index contributed by atoms with van der Waals surface area (Å²) in [5.41, 5.74) is -0.410. The Hall–Kier alpha value is -3.30. The van der Waals surface area contributed by atoms with Crippen LogP contribution in [0.4, 0.5) is 19.0 Å². The number of alkyl halides is 3. The number of hydrogen-bond donors (Lipinski definition) is 1. The second kappa shape index (κ2) is 8.21. The highest BCUT2D eigenvalue weighted by molar-refractivity contribution is 5.91. The van der Waals surface area contributed by atoms with Crippen LogP contribution in [0.2, 0.25) is 0 Å². The van der Waals surface area contributed by atoms with Crippen molar-refractivity contribution in [3.8, 4) is 17.1 Å². The minimum Gasteiger partial charge on any atom is -0.309 e. The van der Waals surface area contributed by atoms with Gasteiger partial charge in [-0.1, -0.05) is 19.3 Å². The summed E-state index contributed by atoms with van der Waals surface area (Å²) in [6, 6.07) is 6.95. The van der Waals surface area contributed by atoms with Crippen LogP contribution in [0.3, 0.4) is 0 Å². The van der Waals surface area contributed by atoms with E-state index < -0.39 is 11.9 Å². The van der Waals surface area contributed by atoms with Gasteiger partial charge in [0.15, 0.2) is 17.3 Å². The van der Waals surface area contributed by atoms with E-state index in [0.29, 0.717) is 10.2 Å². The quantitative estimate of drug-likeness (QED) is 0.687. The molecule has 10 heteroatoms. The zero-order valence-electron chi connectivity index (χ0n) is 15.9. The normalized spacial score (nSPS) is 15.2.